The Morgan fingerprint density at radius 2 is 1.64 bits per heavy atom. The summed E-state index contributed by atoms with van der Waals surface area (Å²) in [5.74, 6) is -0.951. The largest absolute Gasteiger partial charge is 0.480 e. The second-order valence-electron chi connectivity index (χ2n) is 11.6. The van der Waals surface area contributed by atoms with Gasteiger partial charge in [0.2, 0.25) is 0 Å². The number of benzene rings is 4. The number of hydrogen-bond donors (Lipinski definition) is 3. The van der Waals surface area contributed by atoms with Crippen molar-refractivity contribution in [3.63, 3.8) is 0 Å². The van der Waals surface area contributed by atoms with Crippen LogP contribution in [0, 0.1) is 0 Å². The van der Waals surface area contributed by atoms with Crippen molar-refractivity contribution in [1.82, 2.24) is 15.1 Å². The topological polar surface area (TPSA) is 140 Å². The van der Waals surface area contributed by atoms with Crippen LogP contribution in [0.3, 0.4) is 0 Å². The van der Waals surface area contributed by atoms with Gasteiger partial charge in [-0.15, -0.1) is 11.3 Å². The van der Waals surface area contributed by atoms with Gasteiger partial charge >= 0.3 is 12.1 Å². The summed E-state index contributed by atoms with van der Waals surface area (Å²) in [6.07, 6.45) is -4.79. The third-order valence-corrected chi connectivity index (χ3v) is 11.1. The van der Waals surface area contributed by atoms with Crippen molar-refractivity contribution in [1.29, 1.82) is 0 Å². The number of aromatic nitrogens is 2. The fourth-order valence-corrected chi connectivity index (χ4v) is 7.93. The summed E-state index contributed by atoms with van der Waals surface area (Å²) in [4.78, 5) is 26.0. The molecule has 0 spiro atoms. The molecule has 2 aromatic heterocycles. The van der Waals surface area contributed by atoms with Crippen molar-refractivity contribution in [2.45, 2.75) is 22.8 Å². The lowest BCUT2D eigenvalue weighted by Crippen LogP contribution is -2.42. The minimum atomic E-state index is -4.69. The number of alkyl halides is 3. The molecule has 0 unspecified atom stereocenters. The lowest BCUT2D eigenvalue weighted by Gasteiger charge is -2.17. The van der Waals surface area contributed by atoms with Crippen LogP contribution in [-0.2, 0) is 34.5 Å². The summed E-state index contributed by atoms with van der Waals surface area (Å²) in [5, 5.41) is 16.0. The minimum absolute atomic E-state index is 0.0478. The molecule has 16 heteroatoms. The molecule has 53 heavy (non-hydrogen) atoms. The molecule has 2 heterocycles. The number of halogens is 4. The van der Waals surface area contributed by atoms with Gasteiger partial charge in [-0.25, -0.2) is 13.2 Å². The summed E-state index contributed by atoms with van der Waals surface area (Å²) >= 11 is 6.84. The minimum Gasteiger partial charge on any atom is -0.480 e. The van der Waals surface area contributed by atoms with E-state index < -0.39 is 39.8 Å². The number of ether oxygens (including phenoxy) is 1. The highest BCUT2D eigenvalue weighted by Gasteiger charge is 2.35. The first-order chi connectivity index (χ1) is 25.2. The number of nitrogens with one attached hydrogen (secondary N) is 2. The predicted molar refractivity (Wildman–Crippen MR) is 195 cm³/mol. The number of anilines is 1. The van der Waals surface area contributed by atoms with Crippen LogP contribution in [0.25, 0.3) is 21.7 Å². The molecule has 272 valence electrons. The molecule has 0 bridgehead atoms. The van der Waals surface area contributed by atoms with Crippen LogP contribution < -0.4 is 14.8 Å². The molecule has 0 aliphatic rings. The SMILES string of the molecule is Cn1nc(C(F)(F)F)cc1-c1ccc(S(=O)(=O)Nc2ccc(Cl)cc2C(=O)N[C@@H](Cc2ccc(-c3ccccc3Oc3ccccc3)cc2)C(=O)O)s1. The van der Waals surface area contributed by atoms with Crippen LogP contribution in [-0.4, -0.2) is 41.2 Å². The Kier molecular flexibility index (Phi) is 10.6. The van der Waals surface area contributed by atoms with Crippen LogP contribution in [0.15, 0.2) is 119 Å². The lowest BCUT2D eigenvalue weighted by molar-refractivity contribution is -0.141. The predicted octanol–water partition coefficient (Wildman–Crippen LogP) is 8.51. The van der Waals surface area contributed by atoms with Crippen LogP contribution in [0.5, 0.6) is 11.5 Å². The number of amides is 1. The smallest absolute Gasteiger partial charge is 0.435 e. The maximum absolute atomic E-state index is 13.5. The highest BCUT2D eigenvalue weighted by Crippen LogP contribution is 2.37. The number of carbonyl (C=O) groups is 2. The number of sulfonamides is 1. The fourth-order valence-electron chi connectivity index (χ4n) is 5.33. The summed E-state index contributed by atoms with van der Waals surface area (Å²) < 4.78 is 75.5. The van der Waals surface area contributed by atoms with E-state index in [-0.39, 0.29) is 37.5 Å². The molecule has 6 rings (SSSR count). The Morgan fingerprint density at radius 3 is 2.32 bits per heavy atom. The Hall–Kier alpha value is -5.64. The molecule has 1 amide bonds. The quantitative estimate of drug-likeness (QED) is 0.113. The van der Waals surface area contributed by atoms with Crippen molar-refractivity contribution >= 4 is 50.5 Å². The molecule has 10 nitrogen and oxygen atoms in total. The van der Waals surface area contributed by atoms with Crippen molar-refractivity contribution in [2.75, 3.05) is 4.72 Å². The zero-order valence-electron chi connectivity index (χ0n) is 27.5. The first-order valence-electron chi connectivity index (χ1n) is 15.7. The maximum Gasteiger partial charge on any atom is 0.435 e. The zero-order chi connectivity index (χ0) is 37.9. The molecule has 0 saturated carbocycles. The van der Waals surface area contributed by atoms with E-state index in [0.29, 0.717) is 28.4 Å². The number of carboxylic acids is 1. The molecule has 0 aliphatic carbocycles. The van der Waals surface area contributed by atoms with Gasteiger partial charge < -0.3 is 15.2 Å². The molecule has 0 fully saturated rings. The second-order valence-corrected chi connectivity index (χ2v) is 15.1. The van der Waals surface area contributed by atoms with Gasteiger partial charge in [0, 0.05) is 24.1 Å². The van der Waals surface area contributed by atoms with Gasteiger partial charge in [0.1, 0.15) is 21.8 Å². The number of hydrogen-bond acceptors (Lipinski definition) is 7. The van der Waals surface area contributed by atoms with Crippen molar-refractivity contribution in [3.8, 4) is 33.2 Å². The normalized spacial score (nSPS) is 12.2. The van der Waals surface area contributed by atoms with Crippen molar-refractivity contribution in [2.24, 2.45) is 7.05 Å². The summed E-state index contributed by atoms with van der Waals surface area (Å²) in [5.41, 5.74) is 0.688. The molecule has 0 radical (unpaired) electrons. The number of carboxylic acid groups (broad SMARTS) is 1. The van der Waals surface area contributed by atoms with Crippen LogP contribution in [0.1, 0.15) is 21.6 Å². The highest BCUT2D eigenvalue weighted by molar-refractivity contribution is 7.94. The van der Waals surface area contributed by atoms with Gasteiger partial charge in [-0.3, -0.25) is 14.2 Å². The van der Waals surface area contributed by atoms with Gasteiger partial charge in [0.25, 0.3) is 15.9 Å². The average molecular weight is 781 g/mol. The Balaban J connectivity index is 1.18. The molecule has 0 aliphatic heterocycles. The second kappa shape index (κ2) is 15.1. The number of para-hydroxylation sites is 2. The summed E-state index contributed by atoms with van der Waals surface area (Å²) in [7, 11) is -3.07. The molecular formula is C37H28ClF3N4O6S2. The lowest BCUT2D eigenvalue weighted by atomic mass is 9.99. The van der Waals surface area contributed by atoms with Gasteiger partial charge in [-0.2, -0.15) is 18.3 Å². The van der Waals surface area contributed by atoms with Crippen LogP contribution in [0.4, 0.5) is 18.9 Å². The molecule has 0 saturated heterocycles. The van der Waals surface area contributed by atoms with E-state index in [4.69, 9.17) is 16.3 Å². The van der Waals surface area contributed by atoms with Crippen molar-refractivity contribution in [3.05, 3.63) is 137 Å². The Labute approximate surface area is 310 Å². The number of nitrogens with zero attached hydrogens (tertiary/aromatic N) is 2. The number of carbonyl (C=O) groups excluding carboxylic acids is 1. The van der Waals surface area contributed by atoms with Gasteiger partial charge in [-0.1, -0.05) is 72.3 Å². The molecule has 4 aromatic carbocycles. The van der Waals surface area contributed by atoms with Gasteiger partial charge in [0.15, 0.2) is 5.69 Å². The molecule has 6 aromatic rings. The fraction of sp³-hybridized carbons (Fsp3) is 0.108. The van der Waals surface area contributed by atoms with E-state index in [0.717, 1.165) is 21.9 Å². The Bertz CT molecular complexity index is 2400. The Morgan fingerprint density at radius 1 is 0.943 bits per heavy atom. The van der Waals surface area contributed by atoms with E-state index in [1.54, 1.807) is 12.1 Å². The maximum atomic E-state index is 13.5. The first-order valence-corrected chi connectivity index (χ1v) is 18.3. The van der Waals surface area contributed by atoms with Crippen molar-refractivity contribution < 1.29 is 41.0 Å². The average Bonchev–Trinajstić information content (AvgIpc) is 3.77. The molecule has 3 N–H and O–H groups in total. The van der Waals surface area contributed by atoms with Gasteiger partial charge in [0.05, 0.1) is 21.8 Å². The number of thiophene rings is 1. The van der Waals surface area contributed by atoms with Crippen LogP contribution >= 0.6 is 22.9 Å². The monoisotopic (exact) mass is 780 g/mol. The number of aryl methyl sites for hydroxylation is 1. The molecular weight excluding hydrogens is 753 g/mol. The summed E-state index contributed by atoms with van der Waals surface area (Å²) in [6, 6.07) is 29.6. The van der Waals surface area contributed by atoms with E-state index in [1.165, 1.54) is 37.4 Å². The standard InChI is InChI=1S/C37H28ClF3N4O6S2/c1-45-30(21-33(43-45)37(39,40)41)32-17-18-34(52-32)53(49,50)44-28-16-15-24(38)20-27(28)35(46)42-29(36(47)48)19-22-11-13-23(14-12-22)26-9-5-6-10-31(26)51-25-7-3-2-4-8-25/h2-18,20-21,29,44H,19H2,1H3,(H,42,46)(H,47,48)/t29-/m0/s1. The third kappa shape index (κ3) is 8.71. The van der Waals surface area contributed by atoms with E-state index >= 15 is 0 Å². The summed E-state index contributed by atoms with van der Waals surface area (Å²) in [6.45, 7) is 0. The number of aliphatic carboxylic acids is 1. The third-order valence-electron chi connectivity index (χ3n) is 7.91. The zero-order valence-corrected chi connectivity index (χ0v) is 29.9. The van der Waals surface area contributed by atoms with E-state index in [9.17, 15) is 36.3 Å². The first kappa shape index (κ1) is 37.1. The van der Waals surface area contributed by atoms with Gasteiger partial charge in [-0.05, 0) is 65.7 Å². The van der Waals surface area contributed by atoms with E-state index in [1.807, 2.05) is 66.7 Å². The highest BCUT2D eigenvalue weighted by atomic mass is 35.5. The number of rotatable bonds is 12. The molecule has 1 atom stereocenters. The van der Waals surface area contributed by atoms with Crippen LogP contribution in [0.2, 0.25) is 5.02 Å². The van der Waals surface area contributed by atoms with E-state index in [2.05, 4.69) is 15.1 Å².